The number of hydrogen-bond acceptors (Lipinski definition) is 7. The first-order chi connectivity index (χ1) is 16.6. The number of nitrogens with zero attached hydrogens (tertiary/aromatic N) is 5. The van der Waals surface area contributed by atoms with Gasteiger partial charge in [0, 0.05) is 57.1 Å². The Bertz CT molecular complexity index is 1200. The van der Waals surface area contributed by atoms with Gasteiger partial charge in [-0.25, -0.2) is 9.37 Å². The normalized spacial score (nSPS) is 17.5. The lowest BCUT2D eigenvalue weighted by Gasteiger charge is -2.33. The van der Waals surface area contributed by atoms with E-state index in [1.807, 2.05) is 11.0 Å². The maximum Gasteiger partial charge on any atom is 0.252 e. The molecule has 180 valence electrons. The van der Waals surface area contributed by atoms with Crippen LogP contribution >= 0.6 is 0 Å². The molecule has 2 aliphatic heterocycles. The number of fused-ring (bicyclic) bond motifs is 1. The van der Waals surface area contributed by atoms with E-state index in [-0.39, 0.29) is 11.4 Å². The molecule has 0 unspecified atom stereocenters. The molecule has 0 radical (unpaired) electrons. The summed E-state index contributed by atoms with van der Waals surface area (Å²) in [5.74, 6) is 0.878. The number of likely N-dealkylation sites (tertiary alicyclic amines) is 1. The van der Waals surface area contributed by atoms with Gasteiger partial charge in [-0.05, 0) is 43.4 Å². The molecule has 2 fully saturated rings. The monoisotopic (exact) mass is 466 g/mol. The van der Waals surface area contributed by atoms with Crippen molar-refractivity contribution in [1.29, 1.82) is 0 Å². The molecule has 0 amide bonds. The van der Waals surface area contributed by atoms with Gasteiger partial charge in [0.25, 0.3) is 5.56 Å². The number of ether oxygens (including phenoxy) is 1. The number of aromatic nitrogens is 3. The van der Waals surface area contributed by atoms with E-state index in [9.17, 15) is 9.18 Å². The van der Waals surface area contributed by atoms with Crippen LogP contribution in [0.15, 0.2) is 41.5 Å². The van der Waals surface area contributed by atoms with Gasteiger partial charge in [0.1, 0.15) is 5.75 Å². The molecule has 34 heavy (non-hydrogen) atoms. The van der Waals surface area contributed by atoms with Gasteiger partial charge in [-0.3, -0.25) is 19.2 Å². The summed E-state index contributed by atoms with van der Waals surface area (Å²) in [6, 6.07) is 7.14. The lowest BCUT2D eigenvalue weighted by molar-refractivity contribution is 0.159. The van der Waals surface area contributed by atoms with Crippen molar-refractivity contribution < 1.29 is 9.13 Å². The lowest BCUT2D eigenvalue weighted by Crippen LogP contribution is -2.44. The topological polar surface area (TPSA) is 75.5 Å². The summed E-state index contributed by atoms with van der Waals surface area (Å²) in [6.07, 6.45) is 7.57. The minimum atomic E-state index is -0.234. The molecule has 0 saturated carbocycles. The highest BCUT2D eigenvalue weighted by Crippen LogP contribution is 2.22. The molecule has 8 nitrogen and oxygen atoms in total. The number of hydrogen-bond donors (Lipinski definition) is 1. The third-order valence-electron chi connectivity index (χ3n) is 6.86. The van der Waals surface area contributed by atoms with Crippen molar-refractivity contribution >= 4 is 16.9 Å². The Balaban J connectivity index is 1.16. The predicted molar refractivity (Wildman–Crippen MR) is 130 cm³/mol. The van der Waals surface area contributed by atoms with Crippen LogP contribution in [0.5, 0.6) is 5.75 Å². The van der Waals surface area contributed by atoms with Crippen molar-refractivity contribution in [1.82, 2.24) is 24.8 Å². The number of methoxy groups -OCH3 is 1. The zero-order chi connectivity index (χ0) is 23.5. The first kappa shape index (κ1) is 22.7. The second-order valence-corrected chi connectivity index (χ2v) is 9.14. The Kier molecular flexibility index (Phi) is 6.73. The quantitative estimate of drug-likeness (QED) is 0.574. The minimum Gasteiger partial charge on any atom is -0.495 e. The summed E-state index contributed by atoms with van der Waals surface area (Å²) in [6.45, 7) is 4.63. The molecular formula is C25H31FN6O2. The fraction of sp³-hybridized carbons (Fsp3) is 0.480. The number of rotatable bonds is 7. The van der Waals surface area contributed by atoms with Crippen molar-refractivity contribution in [2.45, 2.75) is 44.9 Å². The van der Waals surface area contributed by atoms with Crippen LogP contribution < -0.4 is 20.5 Å². The fourth-order valence-electron chi connectivity index (χ4n) is 4.88. The second-order valence-electron chi connectivity index (χ2n) is 9.14. The maximum absolute atomic E-state index is 14.5. The van der Waals surface area contributed by atoms with E-state index in [0.717, 1.165) is 68.5 Å². The molecule has 9 heteroatoms. The van der Waals surface area contributed by atoms with Gasteiger partial charge in [0.2, 0.25) is 0 Å². The maximum atomic E-state index is 14.5. The molecule has 0 bridgehead atoms. The van der Waals surface area contributed by atoms with Gasteiger partial charge >= 0.3 is 0 Å². The van der Waals surface area contributed by atoms with Crippen molar-refractivity contribution in [2.75, 3.05) is 38.2 Å². The largest absolute Gasteiger partial charge is 0.495 e. The van der Waals surface area contributed by atoms with Crippen LogP contribution in [0.1, 0.15) is 31.2 Å². The standard InChI is InChI=1S/C25H31FN6O2/c1-34-20-13-23-22(28-16-20)4-5-24(33)32(23)17-30-10-6-19(7-11-30)27-14-18-12-21(26)25(29-15-18)31-8-2-3-9-31/h4-5,12-13,15-16,19,27H,2-3,6-11,14,17H2,1H3. The van der Waals surface area contributed by atoms with Gasteiger partial charge in [-0.15, -0.1) is 0 Å². The van der Waals surface area contributed by atoms with Crippen molar-refractivity contribution in [3.8, 4) is 5.75 Å². The Hall–Kier alpha value is -3.04. The molecule has 0 aromatic carbocycles. The van der Waals surface area contributed by atoms with E-state index in [1.165, 1.54) is 0 Å². The summed E-state index contributed by atoms with van der Waals surface area (Å²) >= 11 is 0. The highest BCUT2D eigenvalue weighted by Gasteiger charge is 2.21. The molecule has 5 heterocycles. The van der Waals surface area contributed by atoms with Gasteiger partial charge in [0.05, 0.1) is 31.0 Å². The Labute approximate surface area is 198 Å². The van der Waals surface area contributed by atoms with E-state index in [0.29, 0.717) is 30.8 Å². The summed E-state index contributed by atoms with van der Waals surface area (Å²) in [5, 5.41) is 3.55. The highest BCUT2D eigenvalue weighted by molar-refractivity contribution is 5.75. The lowest BCUT2D eigenvalue weighted by atomic mass is 10.1. The smallest absolute Gasteiger partial charge is 0.252 e. The zero-order valence-electron chi connectivity index (χ0n) is 19.5. The molecule has 0 atom stereocenters. The summed E-state index contributed by atoms with van der Waals surface area (Å²) in [7, 11) is 1.60. The SMILES string of the molecule is COc1cnc2ccc(=O)n(CN3CCC(NCc4cnc(N5CCCC5)c(F)c4)CC3)c2c1. The number of nitrogens with one attached hydrogen (secondary N) is 1. The third-order valence-corrected chi connectivity index (χ3v) is 6.86. The summed E-state index contributed by atoms with van der Waals surface area (Å²) in [4.78, 5) is 25.7. The van der Waals surface area contributed by atoms with Crippen LogP contribution in [-0.2, 0) is 13.2 Å². The zero-order valence-corrected chi connectivity index (χ0v) is 19.5. The highest BCUT2D eigenvalue weighted by atomic mass is 19.1. The van der Waals surface area contributed by atoms with E-state index >= 15 is 0 Å². The molecule has 2 aliphatic rings. The van der Waals surface area contributed by atoms with E-state index in [4.69, 9.17) is 4.74 Å². The van der Waals surface area contributed by atoms with Crippen LogP contribution in [0.25, 0.3) is 11.0 Å². The van der Waals surface area contributed by atoms with Gasteiger partial charge < -0.3 is 15.0 Å². The molecule has 3 aromatic heterocycles. The van der Waals surface area contributed by atoms with Crippen LogP contribution in [0.4, 0.5) is 10.2 Å². The predicted octanol–water partition coefficient (Wildman–Crippen LogP) is 2.75. The summed E-state index contributed by atoms with van der Waals surface area (Å²) < 4.78 is 21.6. The van der Waals surface area contributed by atoms with E-state index in [1.54, 1.807) is 42.3 Å². The summed E-state index contributed by atoms with van der Waals surface area (Å²) in [5.41, 5.74) is 2.37. The molecule has 1 N–H and O–H groups in total. The number of pyridine rings is 3. The van der Waals surface area contributed by atoms with Gasteiger partial charge in [-0.1, -0.05) is 0 Å². The van der Waals surface area contributed by atoms with Crippen LogP contribution in [-0.4, -0.2) is 58.8 Å². The van der Waals surface area contributed by atoms with Crippen molar-refractivity contribution in [3.05, 3.63) is 58.4 Å². The van der Waals surface area contributed by atoms with E-state index < -0.39 is 0 Å². The fourth-order valence-corrected chi connectivity index (χ4v) is 4.88. The molecule has 5 rings (SSSR count). The first-order valence-corrected chi connectivity index (χ1v) is 12.0. The Morgan fingerprint density at radius 3 is 2.62 bits per heavy atom. The minimum absolute atomic E-state index is 0.0466. The molecule has 2 saturated heterocycles. The first-order valence-electron chi connectivity index (χ1n) is 12.0. The molecular weight excluding hydrogens is 435 g/mol. The van der Waals surface area contributed by atoms with Crippen molar-refractivity contribution in [2.24, 2.45) is 0 Å². The number of halogens is 1. The van der Waals surface area contributed by atoms with Crippen LogP contribution in [0, 0.1) is 5.82 Å². The average molecular weight is 467 g/mol. The van der Waals surface area contributed by atoms with Gasteiger partial charge in [0.15, 0.2) is 11.6 Å². The number of anilines is 1. The van der Waals surface area contributed by atoms with Crippen molar-refractivity contribution in [3.63, 3.8) is 0 Å². The third kappa shape index (κ3) is 4.90. The second kappa shape index (κ2) is 10.1. The average Bonchev–Trinajstić information content (AvgIpc) is 3.40. The Morgan fingerprint density at radius 2 is 1.88 bits per heavy atom. The van der Waals surface area contributed by atoms with E-state index in [2.05, 4.69) is 20.2 Å². The molecule has 0 spiro atoms. The van der Waals surface area contributed by atoms with Gasteiger partial charge in [-0.2, -0.15) is 0 Å². The Morgan fingerprint density at radius 1 is 1.09 bits per heavy atom. The molecule has 0 aliphatic carbocycles. The van der Waals surface area contributed by atoms with Crippen LogP contribution in [0.2, 0.25) is 0 Å². The van der Waals surface area contributed by atoms with Crippen LogP contribution in [0.3, 0.4) is 0 Å². The molecule has 3 aromatic rings. The number of piperidine rings is 1.